The molecule has 0 aliphatic carbocycles. The van der Waals surface area contributed by atoms with Crippen LogP contribution >= 0.6 is 24.0 Å². The zero-order chi connectivity index (χ0) is 19.2. The van der Waals surface area contributed by atoms with Gasteiger partial charge < -0.3 is 20.1 Å². The summed E-state index contributed by atoms with van der Waals surface area (Å²) in [4.78, 5) is 4.52. The van der Waals surface area contributed by atoms with Gasteiger partial charge in [-0.25, -0.2) is 13.8 Å². The van der Waals surface area contributed by atoms with Crippen LogP contribution in [0.1, 0.15) is 29.2 Å². The van der Waals surface area contributed by atoms with E-state index in [2.05, 4.69) is 15.6 Å². The van der Waals surface area contributed by atoms with Gasteiger partial charge in [0.25, 0.3) is 0 Å². The molecule has 28 heavy (non-hydrogen) atoms. The van der Waals surface area contributed by atoms with Gasteiger partial charge in [0.05, 0.1) is 13.2 Å². The number of halogens is 3. The minimum atomic E-state index is -0.330. The predicted molar refractivity (Wildman–Crippen MR) is 115 cm³/mol. The molecular formula is C20H24F2IN3O2. The van der Waals surface area contributed by atoms with E-state index >= 15 is 0 Å². The summed E-state index contributed by atoms with van der Waals surface area (Å²) >= 11 is 0. The van der Waals surface area contributed by atoms with Crippen molar-refractivity contribution in [3.8, 4) is 5.75 Å². The first kappa shape index (κ1) is 22.4. The Kier molecular flexibility index (Phi) is 8.43. The van der Waals surface area contributed by atoms with Crippen LogP contribution in [0.3, 0.4) is 0 Å². The van der Waals surface area contributed by atoms with Gasteiger partial charge in [0, 0.05) is 24.2 Å². The van der Waals surface area contributed by atoms with E-state index in [1.807, 2.05) is 6.92 Å². The number of aryl methyl sites for hydroxylation is 1. The molecule has 1 aliphatic heterocycles. The molecule has 2 N–H and O–H groups in total. The maximum absolute atomic E-state index is 13.9. The van der Waals surface area contributed by atoms with E-state index in [1.165, 1.54) is 18.2 Å². The molecule has 0 saturated carbocycles. The lowest BCUT2D eigenvalue weighted by molar-refractivity contribution is -0.0172. The van der Waals surface area contributed by atoms with E-state index in [-0.39, 0.29) is 42.4 Å². The molecule has 0 aromatic heterocycles. The van der Waals surface area contributed by atoms with Crippen molar-refractivity contribution >= 4 is 29.9 Å². The summed E-state index contributed by atoms with van der Waals surface area (Å²) in [6.45, 7) is 5.62. The predicted octanol–water partition coefficient (Wildman–Crippen LogP) is 4.01. The van der Waals surface area contributed by atoms with Crippen LogP contribution in [0.4, 0.5) is 8.78 Å². The number of rotatable bonds is 5. The largest absolute Gasteiger partial charge is 0.467 e. The summed E-state index contributed by atoms with van der Waals surface area (Å²) < 4.78 is 38.0. The molecular weight excluding hydrogens is 479 g/mol. The first-order valence-corrected chi connectivity index (χ1v) is 8.86. The number of hydrogen-bond donors (Lipinski definition) is 2. The number of guanidine groups is 1. The zero-order valence-electron chi connectivity index (χ0n) is 15.9. The van der Waals surface area contributed by atoms with Gasteiger partial charge in [0.2, 0.25) is 0 Å². The lowest BCUT2D eigenvalue weighted by atomic mass is 10.1. The topological polar surface area (TPSA) is 54.9 Å². The molecule has 0 fully saturated rings. The number of aliphatic imine (C=N–C) groups is 1. The van der Waals surface area contributed by atoms with Crippen LogP contribution < -0.4 is 15.4 Å². The molecule has 0 unspecified atom stereocenters. The third-order valence-corrected chi connectivity index (χ3v) is 4.18. The third kappa shape index (κ3) is 5.78. The van der Waals surface area contributed by atoms with Crippen molar-refractivity contribution in [2.45, 2.75) is 33.5 Å². The van der Waals surface area contributed by atoms with Crippen LogP contribution in [0.25, 0.3) is 0 Å². The summed E-state index contributed by atoms with van der Waals surface area (Å²) in [6, 6.07) is 7.81. The second-order valence-corrected chi connectivity index (χ2v) is 6.30. The molecule has 0 bridgehead atoms. The van der Waals surface area contributed by atoms with Gasteiger partial charge in [-0.05, 0) is 43.2 Å². The lowest BCUT2D eigenvalue weighted by Gasteiger charge is -2.21. The van der Waals surface area contributed by atoms with Crippen molar-refractivity contribution < 1.29 is 18.3 Å². The molecule has 8 heteroatoms. The second-order valence-electron chi connectivity index (χ2n) is 6.30. The number of nitrogens with zero attached hydrogens (tertiary/aromatic N) is 1. The smallest absolute Gasteiger partial charge is 0.191 e. The Morgan fingerprint density at radius 2 is 2.00 bits per heavy atom. The van der Waals surface area contributed by atoms with Crippen molar-refractivity contribution in [1.29, 1.82) is 0 Å². The quantitative estimate of drug-likeness (QED) is 0.368. The monoisotopic (exact) mass is 503 g/mol. The SMILES string of the molecule is CCNC(=NCc1ccc(F)c(C)c1)NCc1cc(F)cc2c1OCOC2.I. The average Bonchev–Trinajstić information content (AvgIpc) is 2.66. The van der Waals surface area contributed by atoms with Crippen molar-refractivity contribution in [2.24, 2.45) is 4.99 Å². The van der Waals surface area contributed by atoms with E-state index in [9.17, 15) is 8.78 Å². The number of ether oxygens (including phenoxy) is 2. The van der Waals surface area contributed by atoms with Crippen LogP contribution in [-0.4, -0.2) is 19.3 Å². The number of fused-ring (bicyclic) bond motifs is 1. The normalized spacial score (nSPS) is 13.2. The summed E-state index contributed by atoms with van der Waals surface area (Å²) in [7, 11) is 0. The van der Waals surface area contributed by atoms with Crippen LogP contribution in [0.2, 0.25) is 0 Å². The fourth-order valence-corrected chi connectivity index (χ4v) is 2.88. The maximum atomic E-state index is 13.9. The first-order valence-electron chi connectivity index (χ1n) is 8.86. The Labute approximate surface area is 180 Å². The molecule has 0 radical (unpaired) electrons. The fraction of sp³-hybridized carbons (Fsp3) is 0.350. The summed E-state index contributed by atoms with van der Waals surface area (Å²) in [5.74, 6) is 0.681. The molecule has 2 aromatic rings. The van der Waals surface area contributed by atoms with E-state index in [4.69, 9.17) is 9.47 Å². The van der Waals surface area contributed by atoms with E-state index < -0.39 is 0 Å². The fourth-order valence-electron chi connectivity index (χ4n) is 2.88. The van der Waals surface area contributed by atoms with Gasteiger partial charge >= 0.3 is 0 Å². The highest BCUT2D eigenvalue weighted by atomic mass is 127. The Bertz CT molecular complexity index is 846. The molecule has 0 spiro atoms. The standard InChI is InChI=1S/C20H23F2N3O2.HI/c1-3-23-20(24-9-14-4-5-18(22)13(2)6-14)25-10-15-7-17(21)8-16-11-26-12-27-19(15)16;/h4-8H,3,9-12H2,1-2H3,(H2,23,24,25);1H. The lowest BCUT2D eigenvalue weighted by Crippen LogP contribution is -2.37. The Morgan fingerprint density at radius 3 is 2.75 bits per heavy atom. The minimum Gasteiger partial charge on any atom is -0.467 e. The molecule has 0 amide bonds. The van der Waals surface area contributed by atoms with Crippen LogP contribution in [0, 0.1) is 18.6 Å². The van der Waals surface area contributed by atoms with Crippen molar-refractivity contribution in [2.75, 3.05) is 13.3 Å². The van der Waals surface area contributed by atoms with Gasteiger partial charge in [-0.1, -0.05) is 12.1 Å². The van der Waals surface area contributed by atoms with Gasteiger partial charge in [-0.15, -0.1) is 24.0 Å². The molecule has 152 valence electrons. The summed E-state index contributed by atoms with van der Waals surface area (Å²) in [5, 5.41) is 6.34. The molecule has 1 heterocycles. The highest BCUT2D eigenvalue weighted by molar-refractivity contribution is 14.0. The van der Waals surface area contributed by atoms with Gasteiger partial charge in [0.1, 0.15) is 17.4 Å². The summed E-state index contributed by atoms with van der Waals surface area (Å²) in [5.41, 5.74) is 2.90. The highest BCUT2D eigenvalue weighted by Gasteiger charge is 2.17. The molecule has 5 nitrogen and oxygen atoms in total. The number of hydrogen-bond acceptors (Lipinski definition) is 3. The first-order chi connectivity index (χ1) is 13.1. The van der Waals surface area contributed by atoms with Crippen LogP contribution in [0.5, 0.6) is 5.75 Å². The molecule has 0 saturated heterocycles. The van der Waals surface area contributed by atoms with Crippen molar-refractivity contribution in [1.82, 2.24) is 10.6 Å². The van der Waals surface area contributed by atoms with Crippen molar-refractivity contribution in [3.05, 3.63) is 64.2 Å². The van der Waals surface area contributed by atoms with Gasteiger partial charge in [-0.2, -0.15) is 0 Å². The van der Waals surface area contributed by atoms with E-state index in [0.29, 0.717) is 54.6 Å². The molecule has 2 aromatic carbocycles. The number of nitrogens with one attached hydrogen (secondary N) is 2. The van der Waals surface area contributed by atoms with Crippen LogP contribution in [0.15, 0.2) is 35.3 Å². The molecule has 1 aliphatic rings. The Balaban J connectivity index is 0.00000280. The van der Waals surface area contributed by atoms with Gasteiger partial charge in [-0.3, -0.25) is 0 Å². The Hall–Kier alpha value is -1.94. The summed E-state index contributed by atoms with van der Waals surface area (Å²) in [6.07, 6.45) is 0. The number of benzene rings is 2. The highest BCUT2D eigenvalue weighted by Crippen LogP contribution is 2.29. The minimum absolute atomic E-state index is 0. The zero-order valence-corrected chi connectivity index (χ0v) is 18.2. The Morgan fingerprint density at radius 1 is 1.18 bits per heavy atom. The van der Waals surface area contributed by atoms with Gasteiger partial charge in [0.15, 0.2) is 12.8 Å². The average molecular weight is 503 g/mol. The maximum Gasteiger partial charge on any atom is 0.191 e. The van der Waals surface area contributed by atoms with E-state index in [1.54, 1.807) is 19.1 Å². The molecule has 3 rings (SSSR count). The third-order valence-electron chi connectivity index (χ3n) is 4.18. The second kappa shape index (κ2) is 10.6. The van der Waals surface area contributed by atoms with Crippen LogP contribution in [-0.2, 0) is 24.4 Å². The molecule has 0 atom stereocenters. The van der Waals surface area contributed by atoms with Crippen molar-refractivity contribution in [3.63, 3.8) is 0 Å². The van der Waals surface area contributed by atoms with E-state index in [0.717, 1.165) is 5.56 Å².